The van der Waals surface area contributed by atoms with Crippen LogP contribution in [-0.2, 0) is 23.1 Å². The fourth-order valence-electron chi connectivity index (χ4n) is 2.36. The van der Waals surface area contributed by atoms with Crippen molar-refractivity contribution in [3.05, 3.63) is 53.6 Å². The fraction of sp³-hybridized carbons (Fsp3) is 0.389. The van der Waals surface area contributed by atoms with Crippen LogP contribution >= 0.6 is 0 Å². The molecule has 0 bridgehead atoms. The summed E-state index contributed by atoms with van der Waals surface area (Å²) in [6.07, 6.45) is -1.60. The highest BCUT2D eigenvalue weighted by molar-refractivity contribution is 5.85. The van der Waals surface area contributed by atoms with E-state index in [4.69, 9.17) is 4.74 Å². The number of methoxy groups -OCH3 is 1. The number of aromatic nitrogens is 2. The van der Waals surface area contributed by atoms with E-state index in [0.717, 1.165) is 5.56 Å². The molecule has 0 fully saturated rings. The van der Waals surface area contributed by atoms with Gasteiger partial charge in [-0.25, -0.2) is 14.6 Å². The van der Waals surface area contributed by atoms with Crippen LogP contribution in [0.25, 0.3) is 0 Å². The zero-order valence-corrected chi connectivity index (χ0v) is 15.2. The molecule has 1 heterocycles. The summed E-state index contributed by atoms with van der Waals surface area (Å²) >= 11 is 0. The predicted molar refractivity (Wildman–Crippen MR) is 94.8 cm³/mol. The van der Waals surface area contributed by atoms with Gasteiger partial charge in [-0.15, -0.1) is 0 Å². The van der Waals surface area contributed by atoms with Crippen LogP contribution < -0.4 is 5.32 Å². The molecule has 9 nitrogen and oxygen atoms in total. The Morgan fingerprint density at radius 3 is 2.63 bits per heavy atom. The van der Waals surface area contributed by atoms with Crippen molar-refractivity contribution < 1.29 is 29.3 Å². The first-order chi connectivity index (χ1) is 12.9. The van der Waals surface area contributed by atoms with Crippen molar-refractivity contribution in [3.63, 3.8) is 0 Å². The Balaban J connectivity index is 1.77. The van der Waals surface area contributed by atoms with Gasteiger partial charge in [0.1, 0.15) is 12.7 Å². The summed E-state index contributed by atoms with van der Waals surface area (Å²) in [6, 6.07) is 9.23. The van der Waals surface area contributed by atoms with E-state index in [9.17, 15) is 19.8 Å². The van der Waals surface area contributed by atoms with E-state index in [1.165, 1.54) is 17.9 Å². The molecule has 0 aliphatic heterocycles. The third kappa shape index (κ3) is 5.80. The number of carbonyl (C=O) groups excluding carboxylic acids is 2. The predicted octanol–water partition coefficient (Wildman–Crippen LogP) is 0.917. The van der Waals surface area contributed by atoms with Crippen LogP contribution in [0.15, 0.2) is 36.5 Å². The van der Waals surface area contributed by atoms with Crippen LogP contribution in [0.1, 0.15) is 34.4 Å². The highest BCUT2D eigenvalue weighted by atomic mass is 16.5. The van der Waals surface area contributed by atoms with Gasteiger partial charge in [0.2, 0.25) is 5.82 Å². The van der Waals surface area contributed by atoms with Crippen molar-refractivity contribution in [2.75, 3.05) is 13.7 Å². The first kappa shape index (κ1) is 20.4. The molecule has 0 radical (unpaired) electrons. The van der Waals surface area contributed by atoms with E-state index >= 15 is 0 Å². The smallest absolute Gasteiger partial charge is 0.407 e. The van der Waals surface area contributed by atoms with Crippen LogP contribution in [0.2, 0.25) is 0 Å². The summed E-state index contributed by atoms with van der Waals surface area (Å²) in [5.41, 5.74) is 0.997. The lowest BCUT2D eigenvalue weighted by Gasteiger charge is -2.16. The number of imidazole rings is 1. The molecule has 0 aliphatic rings. The molecule has 9 heteroatoms. The van der Waals surface area contributed by atoms with Crippen LogP contribution in [0.5, 0.6) is 0 Å². The van der Waals surface area contributed by atoms with E-state index in [1.807, 2.05) is 30.3 Å². The molecule has 1 aromatic heterocycles. The van der Waals surface area contributed by atoms with Gasteiger partial charge < -0.3 is 29.6 Å². The second-order valence-electron chi connectivity index (χ2n) is 5.88. The largest absolute Gasteiger partial charge is 0.463 e. The summed E-state index contributed by atoms with van der Waals surface area (Å²) in [4.78, 5) is 27.2. The lowest BCUT2D eigenvalue weighted by atomic mass is 10.1. The molecule has 0 aliphatic carbocycles. The first-order valence-electron chi connectivity index (χ1n) is 8.34. The molecule has 1 amide bonds. The van der Waals surface area contributed by atoms with E-state index in [0.29, 0.717) is 0 Å². The minimum Gasteiger partial charge on any atom is -0.463 e. The Kier molecular flexibility index (Phi) is 7.33. The Hall–Kier alpha value is -2.91. The quantitative estimate of drug-likeness (QED) is 0.585. The molecule has 2 atom stereocenters. The monoisotopic (exact) mass is 377 g/mol. The summed E-state index contributed by atoms with van der Waals surface area (Å²) in [6.45, 7) is 0.241. The van der Waals surface area contributed by atoms with Crippen molar-refractivity contribution in [1.82, 2.24) is 14.9 Å². The number of benzene rings is 1. The summed E-state index contributed by atoms with van der Waals surface area (Å²) in [5.74, 6) is -0.630. The normalized spacial score (nSPS) is 12.9. The summed E-state index contributed by atoms with van der Waals surface area (Å²) in [5, 5.41) is 22.8. The minimum atomic E-state index is -1.31. The lowest BCUT2D eigenvalue weighted by molar-refractivity contribution is 0.0112. The van der Waals surface area contributed by atoms with Crippen molar-refractivity contribution in [3.8, 4) is 0 Å². The molecule has 0 saturated heterocycles. The molecule has 0 saturated carbocycles. The molecule has 0 spiro atoms. The summed E-state index contributed by atoms with van der Waals surface area (Å²) in [7, 11) is 2.80. The van der Waals surface area contributed by atoms with Crippen molar-refractivity contribution in [2.45, 2.75) is 25.2 Å². The first-order valence-corrected chi connectivity index (χ1v) is 8.34. The number of rotatable bonds is 8. The van der Waals surface area contributed by atoms with Gasteiger partial charge in [-0.3, -0.25) is 0 Å². The Morgan fingerprint density at radius 2 is 1.96 bits per heavy atom. The van der Waals surface area contributed by atoms with Gasteiger partial charge >= 0.3 is 12.1 Å². The molecule has 2 aromatic rings. The standard InChI is InChI=1S/C18H23N3O6/c1-21-10-13(20-16(21)17(24)26-2)15(23)14(22)8-9-19-18(25)27-11-12-6-4-3-5-7-12/h3-7,10,14-15,22-23H,8-9,11H2,1-2H3,(H,19,25). The number of nitrogens with zero attached hydrogens (tertiary/aromatic N) is 2. The molecular weight excluding hydrogens is 354 g/mol. The van der Waals surface area contributed by atoms with E-state index in [2.05, 4.69) is 15.0 Å². The maximum atomic E-state index is 11.6. The number of alkyl carbamates (subject to hydrolysis) is 1. The van der Waals surface area contributed by atoms with Gasteiger partial charge in [-0.1, -0.05) is 30.3 Å². The number of aliphatic hydroxyl groups excluding tert-OH is 2. The van der Waals surface area contributed by atoms with Crippen molar-refractivity contribution >= 4 is 12.1 Å². The maximum Gasteiger partial charge on any atom is 0.407 e. The number of aliphatic hydroxyl groups is 2. The minimum absolute atomic E-state index is 0.0152. The number of hydrogen-bond acceptors (Lipinski definition) is 7. The maximum absolute atomic E-state index is 11.6. The number of aryl methyl sites for hydroxylation is 1. The van der Waals surface area contributed by atoms with Crippen LogP contribution in [0.3, 0.4) is 0 Å². The molecule has 2 rings (SSSR count). The SMILES string of the molecule is COC(=O)c1nc(C(O)C(O)CCNC(=O)OCc2ccccc2)cn1C. The fourth-order valence-corrected chi connectivity index (χ4v) is 2.36. The number of carbonyl (C=O) groups is 2. The third-order valence-electron chi connectivity index (χ3n) is 3.85. The molecule has 3 N–H and O–H groups in total. The van der Waals surface area contributed by atoms with Crippen molar-refractivity contribution in [2.24, 2.45) is 7.05 Å². The van der Waals surface area contributed by atoms with Gasteiger partial charge in [0, 0.05) is 19.8 Å². The van der Waals surface area contributed by atoms with Gasteiger partial charge in [0.25, 0.3) is 0 Å². The van der Waals surface area contributed by atoms with Gasteiger partial charge in [-0.2, -0.15) is 0 Å². The van der Waals surface area contributed by atoms with Gasteiger partial charge in [-0.05, 0) is 12.0 Å². The Morgan fingerprint density at radius 1 is 1.26 bits per heavy atom. The summed E-state index contributed by atoms with van der Waals surface area (Å²) < 4.78 is 11.0. The van der Waals surface area contributed by atoms with Crippen molar-refractivity contribution in [1.29, 1.82) is 0 Å². The highest BCUT2D eigenvalue weighted by Gasteiger charge is 2.24. The number of nitrogens with one attached hydrogen (secondary N) is 1. The zero-order chi connectivity index (χ0) is 19.8. The highest BCUT2D eigenvalue weighted by Crippen LogP contribution is 2.18. The number of amides is 1. The van der Waals surface area contributed by atoms with Gasteiger partial charge in [0.15, 0.2) is 0 Å². The van der Waals surface area contributed by atoms with Gasteiger partial charge in [0.05, 0.1) is 18.9 Å². The second-order valence-corrected chi connectivity index (χ2v) is 5.88. The zero-order valence-electron chi connectivity index (χ0n) is 15.2. The Labute approximate surface area is 156 Å². The van der Waals surface area contributed by atoms with Crippen LogP contribution in [0.4, 0.5) is 4.79 Å². The number of esters is 1. The average Bonchev–Trinajstić information content (AvgIpc) is 3.07. The third-order valence-corrected chi connectivity index (χ3v) is 3.85. The molecule has 27 heavy (non-hydrogen) atoms. The van der Waals surface area contributed by atoms with Crippen LogP contribution in [0, 0.1) is 0 Å². The second kappa shape index (κ2) is 9.70. The Bertz CT molecular complexity index is 762. The van der Waals surface area contributed by atoms with E-state index in [-0.39, 0.29) is 31.1 Å². The van der Waals surface area contributed by atoms with E-state index in [1.54, 1.807) is 7.05 Å². The lowest BCUT2D eigenvalue weighted by Crippen LogP contribution is -2.29. The molecular formula is C18H23N3O6. The average molecular weight is 377 g/mol. The molecule has 1 aromatic carbocycles. The van der Waals surface area contributed by atoms with Crippen LogP contribution in [-0.4, -0.2) is 51.6 Å². The molecule has 2 unspecified atom stereocenters. The molecule has 146 valence electrons. The number of hydrogen-bond donors (Lipinski definition) is 3. The van der Waals surface area contributed by atoms with E-state index < -0.39 is 24.3 Å². The topological polar surface area (TPSA) is 123 Å². The number of ether oxygens (including phenoxy) is 2.